The van der Waals surface area contributed by atoms with Crippen LogP contribution >= 0.6 is 11.6 Å². The number of rotatable bonds is 8. The van der Waals surface area contributed by atoms with Crippen LogP contribution in [0.4, 0.5) is 0 Å². The molecule has 0 unspecified atom stereocenters. The number of halogens is 1. The molecular weight excluding hydrogens is 342 g/mol. The minimum Gasteiger partial charge on any atom is -0.490 e. The van der Waals surface area contributed by atoms with Crippen LogP contribution in [-0.2, 0) is 9.53 Å². The van der Waals surface area contributed by atoms with Crippen LogP contribution in [0.5, 0.6) is 5.75 Å². The lowest BCUT2D eigenvalue weighted by atomic mass is 10.1. The molecule has 132 valence electrons. The second-order valence-corrected chi connectivity index (χ2v) is 5.78. The highest BCUT2D eigenvalue weighted by Crippen LogP contribution is 2.15. The lowest BCUT2D eigenvalue weighted by Gasteiger charge is -2.09. The van der Waals surface area contributed by atoms with Gasteiger partial charge in [-0.3, -0.25) is 9.59 Å². The van der Waals surface area contributed by atoms with Gasteiger partial charge in [0.05, 0.1) is 6.42 Å². The van der Waals surface area contributed by atoms with Crippen LogP contribution in [0.3, 0.4) is 0 Å². The Morgan fingerprint density at radius 2 is 1.76 bits per heavy atom. The van der Waals surface area contributed by atoms with Gasteiger partial charge in [-0.05, 0) is 42.8 Å². The summed E-state index contributed by atoms with van der Waals surface area (Å²) >= 11 is 5.78. The Hall–Kier alpha value is -2.53. The summed E-state index contributed by atoms with van der Waals surface area (Å²) in [6.07, 6.45) is 0.110. The number of aryl methyl sites for hydroxylation is 1. The standard InChI is InChI=1S/C19H20ClNO4/c1-14-4-2-3-5-17(14)19(23)21-11-10-18(22)25-13-12-24-16-8-6-15(20)7-9-16/h2-9H,10-13H2,1H3,(H,21,23). The van der Waals surface area contributed by atoms with E-state index in [9.17, 15) is 9.59 Å². The zero-order valence-electron chi connectivity index (χ0n) is 14.0. The van der Waals surface area contributed by atoms with E-state index in [0.717, 1.165) is 5.56 Å². The van der Waals surface area contributed by atoms with E-state index in [-0.39, 0.29) is 38.1 Å². The molecule has 5 nitrogen and oxygen atoms in total. The number of carbonyl (C=O) groups is 2. The Balaban J connectivity index is 1.60. The Morgan fingerprint density at radius 3 is 2.48 bits per heavy atom. The summed E-state index contributed by atoms with van der Waals surface area (Å²) in [6, 6.07) is 14.2. The number of esters is 1. The second-order valence-electron chi connectivity index (χ2n) is 5.34. The molecule has 0 spiro atoms. The molecule has 0 aliphatic carbocycles. The number of benzene rings is 2. The Labute approximate surface area is 151 Å². The molecule has 0 aliphatic heterocycles. The first-order chi connectivity index (χ1) is 12.1. The Morgan fingerprint density at radius 1 is 1.04 bits per heavy atom. The molecule has 6 heteroatoms. The third kappa shape index (κ3) is 6.47. The number of nitrogens with one attached hydrogen (secondary N) is 1. The largest absolute Gasteiger partial charge is 0.490 e. The molecule has 0 aromatic heterocycles. The fourth-order valence-corrected chi connectivity index (χ4v) is 2.24. The van der Waals surface area contributed by atoms with Crippen molar-refractivity contribution in [3.8, 4) is 5.75 Å². The molecule has 1 amide bonds. The molecule has 0 atom stereocenters. The summed E-state index contributed by atoms with van der Waals surface area (Å²) in [4.78, 5) is 23.6. The summed E-state index contributed by atoms with van der Waals surface area (Å²) in [5.74, 6) is 0.0766. The summed E-state index contributed by atoms with van der Waals surface area (Å²) in [7, 11) is 0. The molecule has 0 saturated carbocycles. The first-order valence-corrected chi connectivity index (χ1v) is 8.32. The van der Waals surface area contributed by atoms with Crippen molar-refractivity contribution in [2.24, 2.45) is 0 Å². The van der Waals surface area contributed by atoms with Gasteiger partial charge in [-0.1, -0.05) is 29.8 Å². The molecule has 0 heterocycles. The quantitative estimate of drug-likeness (QED) is 0.578. The summed E-state index contributed by atoms with van der Waals surface area (Å²) in [5.41, 5.74) is 1.49. The van der Waals surface area contributed by atoms with Gasteiger partial charge >= 0.3 is 5.97 Å². The second kappa shape index (κ2) is 9.69. The van der Waals surface area contributed by atoms with E-state index in [1.165, 1.54) is 0 Å². The number of hydrogen-bond donors (Lipinski definition) is 1. The maximum atomic E-state index is 12.0. The van der Waals surface area contributed by atoms with Crippen molar-refractivity contribution in [2.45, 2.75) is 13.3 Å². The highest BCUT2D eigenvalue weighted by Gasteiger charge is 2.09. The van der Waals surface area contributed by atoms with Crippen molar-refractivity contribution in [3.63, 3.8) is 0 Å². The van der Waals surface area contributed by atoms with Gasteiger partial charge in [-0.25, -0.2) is 0 Å². The van der Waals surface area contributed by atoms with Crippen molar-refractivity contribution >= 4 is 23.5 Å². The molecule has 0 saturated heterocycles. The lowest BCUT2D eigenvalue weighted by Crippen LogP contribution is -2.27. The fourth-order valence-electron chi connectivity index (χ4n) is 2.12. The van der Waals surface area contributed by atoms with Crippen molar-refractivity contribution in [2.75, 3.05) is 19.8 Å². The number of carbonyl (C=O) groups excluding carboxylic acids is 2. The molecule has 0 bridgehead atoms. The van der Waals surface area contributed by atoms with Gasteiger partial charge in [0.2, 0.25) is 0 Å². The summed E-state index contributed by atoms with van der Waals surface area (Å²) in [5, 5.41) is 3.34. The van der Waals surface area contributed by atoms with Gasteiger partial charge in [0, 0.05) is 17.1 Å². The van der Waals surface area contributed by atoms with E-state index in [1.54, 1.807) is 36.4 Å². The van der Waals surface area contributed by atoms with Gasteiger partial charge in [-0.2, -0.15) is 0 Å². The first-order valence-electron chi connectivity index (χ1n) is 7.94. The van der Waals surface area contributed by atoms with E-state index < -0.39 is 0 Å². The highest BCUT2D eigenvalue weighted by atomic mass is 35.5. The Kier molecular flexibility index (Phi) is 7.29. The predicted octanol–water partition coefficient (Wildman–Crippen LogP) is 3.39. The van der Waals surface area contributed by atoms with Crippen molar-refractivity contribution in [1.82, 2.24) is 5.32 Å². The van der Waals surface area contributed by atoms with Crippen LogP contribution in [0, 0.1) is 6.92 Å². The molecule has 2 aromatic carbocycles. The van der Waals surface area contributed by atoms with Crippen LogP contribution in [0.1, 0.15) is 22.3 Å². The van der Waals surface area contributed by atoms with E-state index >= 15 is 0 Å². The molecule has 0 aliphatic rings. The van der Waals surface area contributed by atoms with Crippen LogP contribution in [-0.4, -0.2) is 31.6 Å². The molecule has 0 radical (unpaired) electrons. The average molecular weight is 362 g/mol. The number of hydrogen-bond acceptors (Lipinski definition) is 4. The smallest absolute Gasteiger partial charge is 0.307 e. The van der Waals surface area contributed by atoms with E-state index in [2.05, 4.69) is 5.32 Å². The zero-order valence-corrected chi connectivity index (χ0v) is 14.7. The van der Waals surface area contributed by atoms with Gasteiger partial charge < -0.3 is 14.8 Å². The van der Waals surface area contributed by atoms with Gasteiger partial charge in [-0.15, -0.1) is 0 Å². The lowest BCUT2D eigenvalue weighted by molar-refractivity contribution is -0.144. The highest BCUT2D eigenvalue weighted by molar-refractivity contribution is 6.30. The number of ether oxygens (including phenoxy) is 2. The summed E-state index contributed by atoms with van der Waals surface area (Å²) < 4.78 is 10.5. The van der Waals surface area contributed by atoms with Gasteiger partial charge in [0.25, 0.3) is 5.91 Å². The van der Waals surface area contributed by atoms with Crippen LogP contribution < -0.4 is 10.1 Å². The van der Waals surface area contributed by atoms with E-state index in [1.807, 2.05) is 19.1 Å². The minimum atomic E-state index is -0.384. The van der Waals surface area contributed by atoms with E-state index in [4.69, 9.17) is 21.1 Å². The van der Waals surface area contributed by atoms with Crippen LogP contribution in [0.25, 0.3) is 0 Å². The molecular formula is C19H20ClNO4. The van der Waals surface area contributed by atoms with Crippen molar-refractivity contribution in [1.29, 1.82) is 0 Å². The molecule has 2 rings (SSSR count). The third-order valence-electron chi connectivity index (χ3n) is 3.43. The molecule has 2 aromatic rings. The third-order valence-corrected chi connectivity index (χ3v) is 3.69. The van der Waals surface area contributed by atoms with E-state index in [0.29, 0.717) is 16.3 Å². The summed E-state index contributed by atoms with van der Waals surface area (Å²) in [6.45, 7) is 2.49. The maximum Gasteiger partial charge on any atom is 0.307 e. The number of amides is 1. The molecule has 25 heavy (non-hydrogen) atoms. The maximum absolute atomic E-state index is 12.0. The van der Waals surface area contributed by atoms with Crippen molar-refractivity contribution < 1.29 is 19.1 Å². The topological polar surface area (TPSA) is 64.6 Å². The molecule has 1 N–H and O–H groups in total. The zero-order chi connectivity index (χ0) is 18.1. The predicted molar refractivity (Wildman–Crippen MR) is 96.0 cm³/mol. The Bertz CT molecular complexity index is 716. The van der Waals surface area contributed by atoms with Gasteiger partial charge in [0.1, 0.15) is 19.0 Å². The monoisotopic (exact) mass is 361 g/mol. The first kappa shape index (κ1) is 18.8. The van der Waals surface area contributed by atoms with Gasteiger partial charge in [0.15, 0.2) is 0 Å². The minimum absolute atomic E-state index is 0.110. The SMILES string of the molecule is Cc1ccccc1C(=O)NCCC(=O)OCCOc1ccc(Cl)cc1. The fraction of sp³-hybridized carbons (Fsp3) is 0.263. The average Bonchev–Trinajstić information content (AvgIpc) is 2.60. The van der Waals surface area contributed by atoms with Crippen LogP contribution in [0.15, 0.2) is 48.5 Å². The normalized spacial score (nSPS) is 10.2. The van der Waals surface area contributed by atoms with Crippen LogP contribution in [0.2, 0.25) is 5.02 Å². The molecule has 0 fully saturated rings. The van der Waals surface area contributed by atoms with Crippen molar-refractivity contribution in [3.05, 3.63) is 64.7 Å².